The third-order valence-corrected chi connectivity index (χ3v) is 6.81. The molecule has 2 bridgehead atoms. The topological polar surface area (TPSA) is 101 Å². The van der Waals surface area contributed by atoms with E-state index in [0.29, 0.717) is 5.02 Å². The van der Waals surface area contributed by atoms with Crippen LogP contribution in [0.2, 0.25) is 5.02 Å². The molecule has 134 valence electrons. The van der Waals surface area contributed by atoms with E-state index < -0.39 is 11.3 Å². The minimum Gasteiger partial charge on any atom is -0.399 e. The molecule has 4 atom stereocenters. The second-order valence-electron chi connectivity index (χ2n) is 7.46. The first-order chi connectivity index (χ1) is 13.0. The van der Waals surface area contributed by atoms with E-state index in [1.807, 2.05) is 18.2 Å². The smallest absolute Gasteiger partial charge is 0.191 e. The van der Waals surface area contributed by atoms with Gasteiger partial charge in [0, 0.05) is 28.9 Å². The molecule has 0 amide bonds. The van der Waals surface area contributed by atoms with Crippen LogP contribution in [0.15, 0.2) is 47.2 Å². The standard InChI is InChI=1S/C21H18ClN5/c1-27-12-6-7-17(27)18-14(8-12)15(9-23)20(26)21(10-24,11-25)19(18)13-4-2-3-5-16(13)22/h2-5,8,12,17-19H,6-7,26H2,1H3/t12-,17-,18+,19+/m1/s1. The number of nitrogens with zero attached hydrogens (tertiary/aromatic N) is 4. The molecule has 2 N–H and O–H groups in total. The number of likely N-dealkylation sites (N-methyl/N-ethyl adjacent to an activating group) is 1. The first kappa shape index (κ1) is 17.6. The van der Waals surface area contributed by atoms with Crippen LogP contribution in [0.3, 0.4) is 0 Å². The van der Waals surface area contributed by atoms with Gasteiger partial charge in [-0.15, -0.1) is 0 Å². The van der Waals surface area contributed by atoms with Gasteiger partial charge in [0.05, 0.1) is 23.4 Å². The van der Waals surface area contributed by atoms with E-state index in [9.17, 15) is 15.8 Å². The van der Waals surface area contributed by atoms with Crippen LogP contribution in [0.4, 0.5) is 0 Å². The highest BCUT2D eigenvalue weighted by Gasteiger charge is 2.58. The molecule has 0 aromatic heterocycles. The number of nitrogens with two attached hydrogens (primary N) is 1. The molecule has 3 aliphatic rings. The molecule has 0 radical (unpaired) electrons. The van der Waals surface area contributed by atoms with E-state index in [2.05, 4.69) is 36.2 Å². The first-order valence-electron chi connectivity index (χ1n) is 8.91. The lowest BCUT2D eigenvalue weighted by atomic mass is 9.56. The molecule has 27 heavy (non-hydrogen) atoms. The van der Waals surface area contributed by atoms with Gasteiger partial charge < -0.3 is 5.73 Å². The molecule has 1 fully saturated rings. The molecule has 0 unspecified atom stereocenters. The summed E-state index contributed by atoms with van der Waals surface area (Å²) in [4.78, 5) is 2.29. The summed E-state index contributed by atoms with van der Waals surface area (Å²) in [6.45, 7) is 0. The van der Waals surface area contributed by atoms with Gasteiger partial charge in [0.2, 0.25) is 0 Å². The Hall–Kier alpha value is -2.78. The van der Waals surface area contributed by atoms with Gasteiger partial charge in [-0.2, -0.15) is 15.8 Å². The highest BCUT2D eigenvalue weighted by molar-refractivity contribution is 6.31. The SMILES string of the molecule is CN1[C@@H]2CC[C@@H]1C=C1C(C#N)=C(N)C(C#N)(C#N)[C@@H](c3ccccc3Cl)[C@@H]12. The first-order valence-corrected chi connectivity index (χ1v) is 9.29. The number of benzene rings is 1. The molecular weight excluding hydrogens is 358 g/mol. The average Bonchev–Trinajstić information content (AvgIpc) is 2.91. The third-order valence-electron chi connectivity index (χ3n) is 6.46. The fourth-order valence-corrected chi connectivity index (χ4v) is 5.41. The third kappa shape index (κ3) is 2.18. The van der Waals surface area contributed by atoms with Crippen molar-refractivity contribution in [3.05, 3.63) is 57.8 Å². The maximum atomic E-state index is 10.1. The van der Waals surface area contributed by atoms with Crippen LogP contribution < -0.4 is 5.73 Å². The second-order valence-corrected chi connectivity index (χ2v) is 7.86. The highest BCUT2D eigenvalue weighted by atomic mass is 35.5. The fraction of sp³-hybridized carbons (Fsp3) is 0.381. The minimum absolute atomic E-state index is 0.0476. The molecule has 4 rings (SSSR count). The molecule has 1 saturated heterocycles. The summed E-state index contributed by atoms with van der Waals surface area (Å²) < 4.78 is 0. The predicted octanol–water partition coefficient (Wildman–Crippen LogP) is 3.23. The minimum atomic E-state index is -1.63. The van der Waals surface area contributed by atoms with Crippen molar-refractivity contribution in [2.45, 2.75) is 30.8 Å². The molecule has 1 aromatic rings. The number of halogens is 1. The predicted molar refractivity (Wildman–Crippen MR) is 101 cm³/mol. The molecule has 1 aromatic carbocycles. The van der Waals surface area contributed by atoms with E-state index in [0.717, 1.165) is 24.0 Å². The van der Waals surface area contributed by atoms with Crippen molar-refractivity contribution in [3.8, 4) is 18.2 Å². The Labute approximate surface area is 163 Å². The van der Waals surface area contributed by atoms with Crippen molar-refractivity contribution < 1.29 is 0 Å². The van der Waals surface area contributed by atoms with Crippen LogP contribution in [-0.2, 0) is 0 Å². The van der Waals surface area contributed by atoms with E-state index in [4.69, 9.17) is 17.3 Å². The summed E-state index contributed by atoms with van der Waals surface area (Å²) in [6.07, 6.45) is 4.03. The van der Waals surface area contributed by atoms with Crippen molar-refractivity contribution >= 4 is 11.6 Å². The summed E-state index contributed by atoms with van der Waals surface area (Å²) in [5.41, 5.74) is 6.64. The van der Waals surface area contributed by atoms with Gasteiger partial charge in [0.1, 0.15) is 6.07 Å². The number of hydrogen-bond acceptors (Lipinski definition) is 5. The summed E-state index contributed by atoms with van der Waals surface area (Å²) >= 11 is 6.51. The lowest BCUT2D eigenvalue weighted by Gasteiger charge is -2.48. The molecule has 5 nitrogen and oxygen atoms in total. The number of hydrogen-bond donors (Lipinski definition) is 1. The molecule has 6 heteroatoms. The Morgan fingerprint density at radius 1 is 1.19 bits per heavy atom. The molecule has 0 spiro atoms. The monoisotopic (exact) mass is 375 g/mol. The van der Waals surface area contributed by atoms with Crippen molar-refractivity contribution in [1.82, 2.24) is 4.90 Å². The van der Waals surface area contributed by atoms with Crippen molar-refractivity contribution in [3.63, 3.8) is 0 Å². The highest BCUT2D eigenvalue weighted by Crippen LogP contribution is 2.58. The summed E-state index contributed by atoms with van der Waals surface area (Å²) in [5, 5.41) is 30.5. The Morgan fingerprint density at radius 2 is 1.89 bits per heavy atom. The van der Waals surface area contributed by atoms with Crippen molar-refractivity contribution in [2.24, 2.45) is 17.1 Å². The van der Waals surface area contributed by atoms with Crippen molar-refractivity contribution in [2.75, 3.05) is 7.05 Å². The Morgan fingerprint density at radius 3 is 2.52 bits per heavy atom. The van der Waals surface area contributed by atoms with E-state index in [-0.39, 0.29) is 29.3 Å². The number of allylic oxidation sites excluding steroid dienone is 2. The van der Waals surface area contributed by atoms with Gasteiger partial charge in [-0.25, -0.2) is 0 Å². The Kier molecular flexibility index (Phi) is 4.01. The summed E-state index contributed by atoms with van der Waals surface area (Å²) in [6, 6.07) is 14.2. The van der Waals surface area contributed by atoms with Crippen molar-refractivity contribution in [1.29, 1.82) is 15.8 Å². The number of rotatable bonds is 1. The largest absolute Gasteiger partial charge is 0.399 e. The average molecular weight is 376 g/mol. The Balaban J connectivity index is 2.08. The van der Waals surface area contributed by atoms with Gasteiger partial charge >= 0.3 is 0 Å². The van der Waals surface area contributed by atoms with Gasteiger partial charge in [-0.05, 0) is 37.1 Å². The zero-order valence-corrected chi connectivity index (χ0v) is 15.6. The number of nitriles is 3. The van der Waals surface area contributed by atoms with Gasteiger partial charge in [0.15, 0.2) is 5.41 Å². The summed E-state index contributed by atoms with van der Waals surface area (Å²) in [5.74, 6) is -0.717. The van der Waals surface area contributed by atoms with Gasteiger partial charge in [-0.3, -0.25) is 4.90 Å². The molecular formula is C21H18ClN5. The maximum Gasteiger partial charge on any atom is 0.191 e. The van der Waals surface area contributed by atoms with E-state index in [1.54, 1.807) is 6.07 Å². The Bertz CT molecular complexity index is 989. The van der Waals surface area contributed by atoms with Crippen LogP contribution in [0.25, 0.3) is 0 Å². The second kappa shape index (κ2) is 6.14. The molecule has 1 aliphatic carbocycles. The lowest BCUT2D eigenvalue weighted by molar-refractivity contribution is 0.160. The normalized spacial score (nSPS) is 31.3. The summed E-state index contributed by atoms with van der Waals surface area (Å²) in [7, 11) is 2.06. The van der Waals surface area contributed by atoms with Crippen LogP contribution >= 0.6 is 11.6 Å². The molecule has 2 heterocycles. The zero-order valence-electron chi connectivity index (χ0n) is 14.9. The van der Waals surface area contributed by atoms with Crippen LogP contribution in [0.5, 0.6) is 0 Å². The van der Waals surface area contributed by atoms with Gasteiger partial charge in [0.25, 0.3) is 0 Å². The zero-order chi connectivity index (χ0) is 19.3. The molecule has 0 saturated carbocycles. The maximum absolute atomic E-state index is 10.1. The van der Waals surface area contributed by atoms with E-state index >= 15 is 0 Å². The number of fused-ring (bicyclic) bond motifs is 4. The molecule has 2 aliphatic heterocycles. The van der Waals surface area contributed by atoms with E-state index in [1.165, 1.54) is 0 Å². The van der Waals surface area contributed by atoms with Gasteiger partial charge in [-0.1, -0.05) is 35.9 Å². The van der Waals surface area contributed by atoms with Crippen LogP contribution in [-0.4, -0.2) is 24.0 Å². The van der Waals surface area contributed by atoms with Crippen LogP contribution in [0.1, 0.15) is 24.3 Å². The fourth-order valence-electron chi connectivity index (χ4n) is 5.16. The quantitative estimate of drug-likeness (QED) is 0.812. The lowest BCUT2D eigenvalue weighted by Crippen LogP contribution is -2.51. The van der Waals surface area contributed by atoms with Crippen LogP contribution in [0, 0.1) is 45.3 Å².